The zero-order chi connectivity index (χ0) is 21.4. The van der Waals surface area contributed by atoms with Gasteiger partial charge in [-0.25, -0.2) is 4.68 Å². The molecule has 2 aromatic rings. The number of carbonyl (C=O) groups excluding carboxylic acids is 2. The van der Waals surface area contributed by atoms with Crippen molar-refractivity contribution in [2.24, 2.45) is 0 Å². The van der Waals surface area contributed by atoms with E-state index in [1.807, 2.05) is 17.9 Å². The van der Waals surface area contributed by atoms with Gasteiger partial charge in [-0.2, -0.15) is 0 Å². The maximum atomic E-state index is 11.7. The summed E-state index contributed by atoms with van der Waals surface area (Å²) in [6.07, 6.45) is 3.16. The second kappa shape index (κ2) is 12.1. The Morgan fingerprint density at radius 3 is 2.70 bits per heavy atom. The van der Waals surface area contributed by atoms with Crippen molar-refractivity contribution in [2.75, 3.05) is 7.05 Å². The summed E-state index contributed by atoms with van der Waals surface area (Å²) in [5.74, 6) is -0.663. The number of aromatic nitrogens is 3. The topological polar surface area (TPSA) is 103 Å². The van der Waals surface area contributed by atoms with Gasteiger partial charge in [-0.3, -0.25) is 4.79 Å². The number of amides is 2. The van der Waals surface area contributed by atoms with Crippen molar-refractivity contribution >= 4 is 11.8 Å². The van der Waals surface area contributed by atoms with E-state index >= 15 is 0 Å². The zero-order valence-corrected chi connectivity index (χ0v) is 20.8. The van der Waals surface area contributed by atoms with Crippen LogP contribution in [-0.4, -0.2) is 39.9 Å². The maximum Gasteiger partial charge on any atom is 0.209 e. The summed E-state index contributed by atoms with van der Waals surface area (Å²) >= 11 is 0. The van der Waals surface area contributed by atoms with Gasteiger partial charge in [-0.15, -0.1) is 41.0 Å². The largest absolute Gasteiger partial charge is 0.684 e. The number of rotatable bonds is 4. The van der Waals surface area contributed by atoms with Crippen molar-refractivity contribution in [3.8, 4) is 0 Å². The molecule has 30 heavy (non-hydrogen) atoms. The Bertz CT molecular complexity index is 845. The van der Waals surface area contributed by atoms with Crippen LogP contribution in [0.15, 0.2) is 42.7 Å². The van der Waals surface area contributed by atoms with Crippen molar-refractivity contribution in [3.63, 3.8) is 0 Å². The third kappa shape index (κ3) is 8.09. The van der Waals surface area contributed by atoms with E-state index in [1.54, 1.807) is 24.3 Å². The van der Waals surface area contributed by atoms with Crippen molar-refractivity contribution in [1.29, 1.82) is 0 Å². The molecule has 1 aliphatic rings. The van der Waals surface area contributed by atoms with E-state index in [2.05, 4.69) is 59.7 Å². The van der Waals surface area contributed by atoms with E-state index in [0.717, 1.165) is 12.2 Å². The quantitative estimate of drug-likeness (QED) is 0.648. The van der Waals surface area contributed by atoms with Gasteiger partial charge in [0.15, 0.2) is 0 Å². The Balaban J connectivity index is 0.000000308. The first-order chi connectivity index (χ1) is 13.7. The number of hydrogen-bond acceptors (Lipinski definition) is 5. The number of hydrogen-bond donors (Lipinski definition) is 2. The molecule has 1 unspecified atom stereocenters. The molecule has 1 radical (unpaired) electrons. The molecule has 1 aromatic carbocycles. The van der Waals surface area contributed by atoms with Gasteiger partial charge in [0.05, 0.1) is 17.4 Å². The van der Waals surface area contributed by atoms with Crippen LogP contribution in [0.25, 0.3) is 5.32 Å². The standard InChI is InChI=1S/C13H13N2O2.C8H16N4.Y/c1-9-7-8-11(13(17)14-9)15-12(16)10-5-3-2-4-6-10;1-8(2,3)12-6-7(5-9-4)10-11-12;/h2-5,11H,1,7-8H2,(H2,14,15,16,17);6,9H,5H2,1-4H3;/q-1;;/p-1. The van der Waals surface area contributed by atoms with Crippen molar-refractivity contribution in [2.45, 2.75) is 51.7 Å². The van der Waals surface area contributed by atoms with E-state index in [0.29, 0.717) is 24.1 Å². The Kier molecular flexibility index (Phi) is 10.5. The summed E-state index contributed by atoms with van der Waals surface area (Å²) in [4.78, 5) is 23.3. The normalized spacial score (nSPS) is 15.9. The Labute approximate surface area is 203 Å². The van der Waals surface area contributed by atoms with Crippen LogP contribution in [-0.2, 0) is 49.6 Å². The predicted octanol–water partition coefficient (Wildman–Crippen LogP) is 2.54. The smallest absolute Gasteiger partial charge is 0.209 e. The molecular formula is C21H28N6O2Y-2. The molecule has 159 valence electrons. The van der Waals surface area contributed by atoms with Gasteiger partial charge in [-0.05, 0) is 46.2 Å². The summed E-state index contributed by atoms with van der Waals surface area (Å²) in [6.45, 7) is 10.8. The molecule has 0 spiro atoms. The van der Waals surface area contributed by atoms with Crippen LogP contribution < -0.4 is 10.6 Å². The Morgan fingerprint density at radius 1 is 1.43 bits per heavy atom. The Morgan fingerprint density at radius 2 is 2.17 bits per heavy atom. The molecule has 1 fully saturated rings. The molecular weight excluding hydrogens is 457 g/mol. The number of nitrogens with zero attached hydrogens (tertiary/aromatic N) is 4. The minimum atomic E-state index is -0.610. The second-order valence-corrected chi connectivity index (χ2v) is 7.71. The van der Waals surface area contributed by atoms with Crippen molar-refractivity contribution < 1.29 is 42.3 Å². The van der Waals surface area contributed by atoms with Crippen LogP contribution in [0.5, 0.6) is 0 Å². The summed E-state index contributed by atoms with van der Waals surface area (Å²) in [5, 5.41) is 17.6. The molecule has 9 heteroatoms. The molecule has 2 heterocycles. The number of piperidine rings is 1. The fraction of sp³-hybridized carbons (Fsp3) is 0.429. The van der Waals surface area contributed by atoms with Gasteiger partial charge >= 0.3 is 0 Å². The van der Waals surface area contributed by atoms with Crippen molar-refractivity contribution in [3.05, 3.63) is 65.4 Å². The first-order valence-electron chi connectivity index (χ1n) is 9.47. The molecule has 0 saturated carbocycles. The maximum absolute atomic E-state index is 11.7. The van der Waals surface area contributed by atoms with Crippen molar-refractivity contribution in [1.82, 2.24) is 25.6 Å². The van der Waals surface area contributed by atoms with Crippen LogP contribution >= 0.6 is 0 Å². The van der Waals surface area contributed by atoms with Gasteiger partial charge in [0.2, 0.25) is 5.91 Å². The van der Waals surface area contributed by atoms with Gasteiger partial charge in [0, 0.05) is 45.0 Å². The number of benzene rings is 1. The summed E-state index contributed by atoms with van der Waals surface area (Å²) < 4.78 is 1.87. The summed E-state index contributed by atoms with van der Waals surface area (Å²) in [7, 11) is 1.90. The van der Waals surface area contributed by atoms with Gasteiger partial charge in [0.1, 0.15) is 0 Å². The monoisotopic (exact) mass is 485 g/mol. The third-order valence-electron chi connectivity index (χ3n) is 4.12. The molecule has 0 aliphatic carbocycles. The predicted molar refractivity (Wildman–Crippen MR) is 111 cm³/mol. The fourth-order valence-electron chi connectivity index (χ4n) is 2.51. The van der Waals surface area contributed by atoms with Gasteiger partial charge in [0.25, 0.3) is 0 Å². The van der Waals surface area contributed by atoms with Crippen LogP contribution in [0.2, 0.25) is 0 Å². The fourth-order valence-corrected chi connectivity index (χ4v) is 2.51. The van der Waals surface area contributed by atoms with Gasteiger partial charge < -0.3 is 20.7 Å². The van der Waals surface area contributed by atoms with E-state index in [1.165, 1.54) is 0 Å². The van der Waals surface area contributed by atoms with Gasteiger partial charge in [-0.1, -0.05) is 18.2 Å². The SMILES string of the molecule is C=C1CCC([N-]C(=O)c2[c-]cccc2)C(=O)N1.CNCc1cn(C(C)(C)C)nn1.[Y]. The van der Waals surface area contributed by atoms with Crippen LogP contribution in [0.3, 0.4) is 0 Å². The van der Waals surface area contributed by atoms with E-state index < -0.39 is 11.9 Å². The molecule has 1 atom stereocenters. The third-order valence-corrected chi connectivity index (χ3v) is 4.12. The summed E-state index contributed by atoms with van der Waals surface area (Å²) in [6, 6.07) is 8.96. The van der Waals surface area contributed by atoms with Crippen LogP contribution in [0.4, 0.5) is 0 Å². The molecule has 2 N–H and O–H groups in total. The Hall–Kier alpha value is -1.90. The van der Waals surface area contributed by atoms with Crippen LogP contribution in [0, 0.1) is 6.07 Å². The average molecular weight is 485 g/mol. The van der Waals surface area contributed by atoms with E-state index in [-0.39, 0.29) is 44.2 Å². The van der Waals surface area contributed by atoms with E-state index in [9.17, 15) is 9.59 Å². The molecule has 1 saturated heterocycles. The first kappa shape index (κ1) is 26.1. The molecule has 1 aromatic heterocycles. The zero-order valence-electron chi connectivity index (χ0n) is 18.0. The average Bonchev–Trinajstić information content (AvgIpc) is 3.15. The number of carbonyl (C=O) groups is 2. The number of allylic oxidation sites excluding steroid dienone is 1. The first-order valence-corrected chi connectivity index (χ1v) is 9.47. The second-order valence-electron chi connectivity index (χ2n) is 7.71. The molecule has 1 aliphatic heterocycles. The summed E-state index contributed by atoms with van der Waals surface area (Å²) in [5.41, 5.74) is 2.07. The van der Waals surface area contributed by atoms with Crippen LogP contribution in [0.1, 0.15) is 49.7 Å². The number of nitrogens with one attached hydrogen (secondary N) is 2. The molecule has 8 nitrogen and oxygen atoms in total. The minimum absolute atomic E-state index is 0. The minimum Gasteiger partial charge on any atom is -0.684 e. The molecule has 0 bridgehead atoms. The van der Waals surface area contributed by atoms with E-state index in [4.69, 9.17) is 0 Å². The molecule has 3 rings (SSSR count). The molecule has 2 amide bonds.